The summed E-state index contributed by atoms with van der Waals surface area (Å²) in [6, 6.07) is 0. The van der Waals surface area contributed by atoms with E-state index in [1.54, 1.807) is 0 Å². The molecular weight excluding hydrogens is 164 g/mol. The van der Waals surface area contributed by atoms with E-state index in [1.807, 2.05) is 27.7 Å². The molecule has 1 heteroatoms. The van der Waals surface area contributed by atoms with Gasteiger partial charge in [-0.3, -0.25) is 0 Å². The molecule has 0 saturated heterocycles. The highest BCUT2D eigenvalue weighted by Gasteiger charge is 2.28. The zero-order valence-corrected chi connectivity index (χ0v) is 10.5. The van der Waals surface area contributed by atoms with Crippen LogP contribution in [-0.4, -0.2) is 4.75 Å². The van der Waals surface area contributed by atoms with Crippen LogP contribution in [0.15, 0.2) is 0 Å². The zero-order valence-electron chi connectivity index (χ0n) is 9.65. The maximum atomic E-state index is 4.51. The predicted molar refractivity (Wildman–Crippen MR) is 63.1 cm³/mol. The lowest BCUT2D eigenvalue weighted by Crippen LogP contribution is -2.09. The van der Waals surface area contributed by atoms with Crippen LogP contribution in [-0.2, 0) is 0 Å². The molecule has 1 saturated carbocycles. The molecular formula is C11H26S. The molecule has 76 valence electrons. The molecule has 0 nitrogen and oxygen atoms in total. The lowest BCUT2D eigenvalue weighted by atomic mass is 10.1. The van der Waals surface area contributed by atoms with Crippen LogP contribution in [0.4, 0.5) is 0 Å². The molecule has 1 aliphatic carbocycles. The van der Waals surface area contributed by atoms with Gasteiger partial charge in [0.15, 0.2) is 0 Å². The quantitative estimate of drug-likeness (QED) is 0.532. The van der Waals surface area contributed by atoms with Gasteiger partial charge in [-0.2, -0.15) is 12.6 Å². The second kappa shape index (κ2) is 7.97. The molecule has 1 fully saturated rings. The first kappa shape index (κ1) is 14.9. The number of thiol groups is 1. The molecule has 0 amide bonds. The van der Waals surface area contributed by atoms with Crippen molar-refractivity contribution in [3.05, 3.63) is 0 Å². The fourth-order valence-electron chi connectivity index (χ4n) is 1.51. The van der Waals surface area contributed by atoms with Crippen molar-refractivity contribution in [1.82, 2.24) is 0 Å². The monoisotopic (exact) mass is 190 g/mol. The van der Waals surface area contributed by atoms with Gasteiger partial charge in [-0.25, -0.2) is 0 Å². The molecule has 0 aromatic rings. The van der Waals surface area contributed by atoms with E-state index in [-0.39, 0.29) is 0 Å². The molecule has 0 aromatic heterocycles. The second-order valence-corrected chi connectivity index (χ2v) is 4.42. The summed E-state index contributed by atoms with van der Waals surface area (Å²) < 4.78 is 0.361. The predicted octanol–water partition coefficient (Wildman–Crippen LogP) is 4.55. The summed E-state index contributed by atoms with van der Waals surface area (Å²) in [5, 5.41) is 0. The van der Waals surface area contributed by atoms with Gasteiger partial charge in [0.05, 0.1) is 0 Å². The molecule has 2 atom stereocenters. The summed E-state index contributed by atoms with van der Waals surface area (Å²) in [6.45, 7) is 12.5. The van der Waals surface area contributed by atoms with Gasteiger partial charge in [-0.1, -0.05) is 41.5 Å². The van der Waals surface area contributed by atoms with Gasteiger partial charge in [0.1, 0.15) is 0 Å². The van der Waals surface area contributed by atoms with Gasteiger partial charge >= 0.3 is 0 Å². The first-order valence-electron chi connectivity index (χ1n) is 5.32. The molecule has 0 bridgehead atoms. The minimum Gasteiger partial charge on any atom is -0.173 e. The van der Waals surface area contributed by atoms with Crippen molar-refractivity contribution in [1.29, 1.82) is 0 Å². The molecule has 1 aliphatic rings. The fraction of sp³-hybridized carbons (Fsp3) is 1.00. The van der Waals surface area contributed by atoms with E-state index < -0.39 is 0 Å². The van der Waals surface area contributed by atoms with Gasteiger partial charge in [-0.15, -0.1) is 0 Å². The first-order chi connectivity index (χ1) is 5.60. The van der Waals surface area contributed by atoms with E-state index in [2.05, 4.69) is 26.5 Å². The van der Waals surface area contributed by atoms with E-state index in [1.165, 1.54) is 19.3 Å². The number of hydrogen-bond acceptors (Lipinski definition) is 1. The molecule has 0 spiro atoms. The van der Waals surface area contributed by atoms with Gasteiger partial charge in [0.25, 0.3) is 0 Å². The van der Waals surface area contributed by atoms with Gasteiger partial charge in [-0.05, 0) is 25.2 Å². The highest BCUT2D eigenvalue weighted by atomic mass is 32.1. The van der Waals surface area contributed by atoms with E-state index in [4.69, 9.17) is 0 Å². The molecule has 0 heterocycles. The Hall–Kier alpha value is 0.350. The van der Waals surface area contributed by atoms with Crippen LogP contribution in [0.2, 0.25) is 0 Å². The smallest absolute Gasteiger partial charge is 0.0104 e. The highest BCUT2D eigenvalue weighted by molar-refractivity contribution is 7.81. The lowest BCUT2D eigenvalue weighted by Gasteiger charge is -2.13. The Morgan fingerprint density at radius 3 is 1.67 bits per heavy atom. The third-order valence-electron chi connectivity index (χ3n) is 1.96. The SMILES string of the molecule is CC.CC.CC1CCC(C)(S)C1. The Morgan fingerprint density at radius 2 is 1.58 bits per heavy atom. The van der Waals surface area contributed by atoms with Crippen LogP contribution in [0, 0.1) is 5.92 Å². The topological polar surface area (TPSA) is 0 Å². The van der Waals surface area contributed by atoms with Crippen LogP contribution in [0.1, 0.15) is 60.8 Å². The van der Waals surface area contributed by atoms with E-state index in [0.29, 0.717) is 4.75 Å². The second-order valence-electron chi connectivity index (χ2n) is 3.34. The minimum atomic E-state index is 0.361. The van der Waals surface area contributed by atoms with Gasteiger partial charge < -0.3 is 0 Å². The average molecular weight is 190 g/mol. The lowest BCUT2D eigenvalue weighted by molar-refractivity contribution is 0.586. The van der Waals surface area contributed by atoms with Crippen molar-refractivity contribution in [3.8, 4) is 0 Å². The fourth-order valence-corrected chi connectivity index (χ4v) is 1.95. The Kier molecular flexibility index (Phi) is 9.87. The standard InChI is InChI=1S/C7H14S.2C2H6/c1-6-3-4-7(2,8)5-6;2*1-2/h6,8H,3-5H2,1-2H3;2*1-2H3. The highest BCUT2D eigenvalue weighted by Crippen LogP contribution is 2.38. The molecule has 0 N–H and O–H groups in total. The average Bonchev–Trinajstić information content (AvgIpc) is 2.37. The Morgan fingerprint density at radius 1 is 1.17 bits per heavy atom. The first-order valence-corrected chi connectivity index (χ1v) is 5.77. The van der Waals surface area contributed by atoms with Crippen molar-refractivity contribution in [2.45, 2.75) is 65.6 Å². The Labute approximate surface area is 84.5 Å². The third kappa shape index (κ3) is 7.02. The molecule has 12 heavy (non-hydrogen) atoms. The minimum absolute atomic E-state index is 0.361. The summed E-state index contributed by atoms with van der Waals surface area (Å²) in [4.78, 5) is 0. The molecule has 2 unspecified atom stereocenters. The maximum Gasteiger partial charge on any atom is 0.0104 e. The maximum absolute atomic E-state index is 4.51. The summed E-state index contributed by atoms with van der Waals surface area (Å²) in [5.74, 6) is 0.914. The van der Waals surface area contributed by atoms with Crippen molar-refractivity contribution in [2.75, 3.05) is 0 Å². The summed E-state index contributed by atoms with van der Waals surface area (Å²) in [5.41, 5.74) is 0. The molecule has 0 aromatic carbocycles. The van der Waals surface area contributed by atoms with E-state index in [0.717, 1.165) is 5.92 Å². The van der Waals surface area contributed by atoms with Crippen molar-refractivity contribution in [3.63, 3.8) is 0 Å². The van der Waals surface area contributed by atoms with Gasteiger partial charge in [0.2, 0.25) is 0 Å². The van der Waals surface area contributed by atoms with Crippen LogP contribution in [0.5, 0.6) is 0 Å². The van der Waals surface area contributed by atoms with E-state index >= 15 is 0 Å². The normalized spacial score (nSPS) is 32.8. The summed E-state index contributed by atoms with van der Waals surface area (Å²) in [6.07, 6.45) is 3.98. The molecule has 0 radical (unpaired) electrons. The summed E-state index contributed by atoms with van der Waals surface area (Å²) in [7, 11) is 0. The van der Waals surface area contributed by atoms with Crippen LogP contribution < -0.4 is 0 Å². The largest absolute Gasteiger partial charge is 0.173 e. The van der Waals surface area contributed by atoms with Crippen LogP contribution >= 0.6 is 12.6 Å². The van der Waals surface area contributed by atoms with Crippen molar-refractivity contribution in [2.24, 2.45) is 5.92 Å². The van der Waals surface area contributed by atoms with Crippen LogP contribution in [0.25, 0.3) is 0 Å². The number of rotatable bonds is 0. The number of hydrogen-bond donors (Lipinski definition) is 1. The van der Waals surface area contributed by atoms with E-state index in [9.17, 15) is 0 Å². The molecule has 1 rings (SSSR count). The van der Waals surface area contributed by atoms with Crippen molar-refractivity contribution < 1.29 is 0 Å². The Balaban J connectivity index is 0. The Bertz CT molecular complexity index is 87.0. The third-order valence-corrected chi connectivity index (χ3v) is 2.37. The van der Waals surface area contributed by atoms with Crippen LogP contribution in [0.3, 0.4) is 0 Å². The van der Waals surface area contributed by atoms with Crippen molar-refractivity contribution >= 4 is 12.6 Å². The zero-order chi connectivity index (χ0) is 10.2. The summed E-state index contributed by atoms with van der Waals surface area (Å²) >= 11 is 4.51. The van der Waals surface area contributed by atoms with Gasteiger partial charge in [0, 0.05) is 4.75 Å². The molecule has 0 aliphatic heterocycles.